The summed E-state index contributed by atoms with van der Waals surface area (Å²) in [6.45, 7) is 2.09. The minimum Gasteiger partial charge on any atom is -0.493 e. The molecule has 0 spiro atoms. The zero-order chi connectivity index (χ0) is 28.3. The fraction of sp³-hybridized carbons (Fsp3) is 0.129. The number of nitrogens with one attached hydrogen (secondary N) is 2. The second-order valence-corrected chi connectivity index (χ2v) is 9.16. The van der Waals surface area contributed by atoms with Crippen LogP contribution in [0.3, 0.4) is 0 Å². The molecule has 8 nitrogen and oxygen atoms in total. The Hall–Kier alpha value is -4.82. The summed E-state index contributed by atoms with van der Waals surface area (Å²) in [4.78, 5) is 25.1. The van der Waals surface area contributed by atoms with Gasteiger partial charge in [0, 0.05) is 21.8 Å². The summed E-state index contributed by atoms with van der Waals surface area (Å²) in [6, 6.07) is 26.9. The minimum atomic E-state index is -0.453. The molecule has 0 bridgehead atoms. The lowest BCUT2D eigenvalue weighted by Gasteiger charge is -2.12. The summed E-state index contributed by atoms with van der Waals surface area (Å²) < 4.78 is 17.0. The molecule has 9 heteroatoms. The molecule has 0 aliphatic heterocycles. The maximum Gasteiger partial charge on any atom is 0.271 e. The van der Waals surface area contributed by atoms with Gasteiger partial charge in [0.15, 0.2) is 18.1 Å². The van der Waals surface area contributed by atoms with Crippen molar-refractivity contribution in [2.24, 2.45) is 5.10 Å². The molecule has 204 valence electrons. The molecule has 0 unspecified atom stereocenters. The molecule has 4 rings (SSSR count). The minimum absolute atomic E-state index is 0.221. The maximum atomic E-state index is 12.7. The molecule has 4 aromatic carbocycles. The number of ether oxygens (including phenoxy) is 3. The summed E-state index contributed by atoms with van der Waals surface area (Å²) in [7, 11) is 1.51. The van der Waals surface area contributed by atoms with Crippen molar-refractivity contribution in [1.29, 1.82) is 0 Å². The third kappa shape index (κ3) is 8.09. The number of halogens is 1. The van der Waals surface area contributed by atoms with Crippen molar-refractivity contribution in [2.75, 3.05) is 19.0 Å². The van der Waals surface area contributed by atoms with E-state index in [1.807, 2.05) is 55.5 Å². The maximum absolute atomic E-state index is 12.7. The standard InChI is InChI=1S/C31H28ClN3O5/c1-21-7-6-10-26(15-21)34-30(36)20-40-27-14-12-25(32)16-24(27)18-33-35-31(37)23-11-13-28(29(17-23)38-2)39-19-22-8-4-3-5-9-22/h3-18H,19-20H2,1-2H3,(H,34,36)(H,35,37)/b33-18+. The summed E-state index contributed by atoms with van der Waals surface area (Å²) >= 11 is 6.14. The topological polar surface area (TPSA) is 98.3 Å². The molecule has 2 N–H and O–H groups in total. The average molecular weight is 558 g/mol. The largest absolute Gasteiger partial charge is 0.493 e. The van der Waals surface area contributed by atoms with Crippen molar-refractivity contribution in [3.63, 3.8) is 0 Å². The highest BCUT2D eigenvalue weighted by Crippen LogP contribution is 2.29. The van der Waals surface area contributed by atoms with Gasteiger partial charge in [-0.25, -0.2) is 5.43 Å². The Morgan fingerprint density at radius 1 is 0.875 bits per heavy atom. The predicted molar refractivity (Wildman–Crippen MR) is 156 cm³/mol. The van der Waals surface area contributed by atoms with Crippen LogP contribution < -0.4 is 25.0 Å². The molecule has 0 heterocycles. The Balaban J connectivity index is 1.36. The molecule has 0 saturated carbocycles. The highest BCUT2D eigenvalue weighted by atomic mass is 35.5. The van der Waals surface area contributed by atoms with Crippen molar-refractivity contribution >= 4 is 35.3 Å². The lowest BCUT2D eigenvalue weighted by molar-refractivity contribution is -0.118. The third-order valence-corrected chi connectivity index (χ3v) is 5.90. The predicted octanol–water partition coefficient (Wildman–Crippen LogP) is 6.02. The van der Waals surface area contributed by atoms with Crippen molar-refractivity contribution in [2.45, 2.75) is 13.5 Å². The van der Waals surface area contributed by atoms with Gasteiger partial charge in [-0.05, 0) is 66.6 Å². The van der Waals surface area contributed by atoms with E-state index in [2.05, 4.69) is 15.8 Å². The number of rotatable bonds is 11. The molecule has 0 aromatic heterocycles. The molecule has 40 heavy (non-hydrogen) atoms. The molecule has 0 fully saturated rings. The van der Waals surface area contributed by atoms with Crippen LogP contribution in [0.4, 0.5) is 5.69 Å². The van der Waals surface area contributed by atoms with Crippen LogP contribution >= 0.6 is 11.6 Å². The first kappa shape index (κ1) is 28.2. The second-order valence-electron chi connectivity index (χ2n) is 8.73. The van der Waals surface area contributed by atoms with E-state index >= 15 is 0 Å². The first-order chi connectivity index (χ1) is 19.4. The Labute approximate surface area is 237 Å². The second kappa shape index (κ2) is 13.8. The Kier molecular flexibility index (Phi) is 9.74. The van der Waals surface area contributed by atoms with E-state index < -0.39 is 5.91 Å². The van der Waals surface area contributed by atoms with Gasteiger partial charge in [0.2, 0.25) is 0 Å². The Morgan fingerprint density at radius 3 is 2.45 bits per heavy atom. The Morgan fingerprint density at radius 2 is 1.68 bits per heavy atom. The molecule has 4 aromatic rings. The van der Waals surface area contributed by atoms with Gasteiger partial charge >= 0.3 is 0 Å². The third-order valence-electron chi connectivity index (χ3n) is 5.67. The van der Waals surface area contributed by atoms with Gasteiger partial charge in [0.1, 0.15) is 12.4 Å². The molecule has 0 aliphatic carbocycles. The van der Waals surface area contributed by atoms with Crippen LogP contribution in [0.2, 0.25) is 5.02 Å². The summed E-state index contributed by atoms with van der Waals surface area (Å²) in [5.74, 6) is 0.539. The zero-order valence-corrected chi connectivity index (χ0v) is 22.8. The van der Waals surface area contributed by atoms with Crippen molar-refractivity contribution in [3.05, 3.63) is 118 Å². The first-order valence-electron chi connectivity index (χ1n) is 12.4. The van der Waals surface area contributed by atoms with Gasteiger partial charge in [0.05, 0.1) is 13.3 Å². The lowest BCUT2D eigenvalue weighted by atomic mass is 10.2. The zero-order valence-electron chi connectivity index (χ0n) is 22.0. The number of aryl methyl sites for hydroxylation is 1. The van der Waals surface area contributed by atoms with E-state index in [0.29, 0.717) is 45.7 Å². The first-order valence-corrected chi connectivity index (χ1v) is 12.8. The number of benzene rings is 4. The highest BCUT2D eigenvalue weighted by Gasteiger charge is 2.12. The van der Waals surface area contributed by atoms with E-state index in [-0.39, 0.29) is 12.5 Å². The quantitative estimate of drug-likeness (QED) is 0.174. The smallest absolute Gasteiger partial charge is 0.271 e. The van der Waals surface area contributed by atoms with E-state index in [4.69, 9.17) is 25.8 Å². The van der Waals surface area contributed by atoms with Crippen LogP contribution in [0.5, 0.6) is 17.2 Å². The van der Waals surface area contributed by atoms with Crippen molar-refractivity contribution in [1.82, 2.24) is 5.43 Å². The van der Waals surface area contributed by atoms with E-state index in [9.17, 15) is 9.59 Å². The van der Waals surface area contributed by atoms with E-state index in [0.717, 1.165) is 11.1 Å². The van der Waals surface area contributed by atoms with E-state index in [1.54, 1.807) is 42.5 Å². The number of carbonyl (C=O) groups is 2. The molecule has 0 saturated heterocycles. The Bertz CT molecular complexity index is 1510. The van der Waals surface area contributed by atoms with E-state index in [1.165, 1.54) is 13.3 Å². The summed E-state index contributed by atoms with van der Waals surface area (Å²) in [6.07, 6.45) is 1.39. The van der Waals surface area contributed by atoms with Gasteiger partial charge in [-0.3, -0.25) is 9.59 Å². The monoisotopic (exact) mass is 557 g/mol. The number of nitrogens with zero attached hydrogens (tertiary/aromatic N) is 1. The molecule has 0 atom stereocenters. The van der Waals surface area contributed by atoms with Crippen LogP contribution in [0.25, 0.3) is 0 Å². The number of carbonyl (C=O) groups excluding carboxylic acids is 2. The number of hydrogen-bond donors (Lipinski definition) is 2. The van der Waals surface area contributed by atoms with Crippen LogP contribution in [-0.4, -0.2) is 31.7 Å². The SMILES string of the molecule is COc1cc(C(=O)N/N=C/c2cc(Cl)ccc2OCC(=O)Nc2cccc(C)c2)ccc1OCc1ccccc1. The van der Waals surface area contributed by atoms with Crippen molar-refractivity contribution in [3.8, 4) is 17.2 Å². The van der Waals surface area contributed by atoms with Gasteiger partial charge < -0.3 is 19.5 Å². The van der Waals surface area contributed by atoms with Gasteiger partial charge in [0.25, 0.3) is 11.8 Å². The van der Waals surface area contributed by atoms with Crippen LogP contribution in [0.1, 0.15) is 27.0 Å². The normalized spacial score (nSPS) is 10.7. The van der Waals surface area contributed by atoms with Gasteiger partial charge in [-0.15, -0.1) is 0 Å². The van der Waals surface area contributed by atoms with Crippen LogP contribution in [0, 0.1) is 6.92 Å². The molecular formula is C31H28ClN3O5. The molecule has 0 aliphatic rings. The number of hydrazone groups is 1. The average Bonchev–Trinajstić information content (AvgIpc) is 2.96. The van der Waals surface area contributed by atoms with Crippen LogP contribution in [0.15, 0.2) is 96.1 Å². The highest BCUT2D eigenvalue weighted by molar-refractivity contribution is 6.30. The lowest BCUT2D eigenvalue weighted by Crippen LogP contribution is -2.20. The number of hydrogen-bond acceptors (Lipinski definition) is 6. The van der Waals surface area contributed by atoms with Gasteiger partial charge in [-0.2, -0.15) is 5.10 Å². The van der Waals surface area contributed by atoms with Crippen molar-refractivity contribution < 1.29 is 23.8 Å². The summed E-state index contributed by atoms with van der Waals surface area (Å²) in [5, 5.41) is 7.28. The number of methoxy groups -OCH3 is 1. The molecular weight excluding hydrogens is 530 g/mol. The summed E-state index contributed by atoms with van der Waals surface area (Å²) in [5.41, 5.74) is 6.02. The molecule has 0 radical (unpaired) electrons. The fourth-order valence-electron chi connectivity index (χ4n) is 3.70. The fourth-order valence-corrected chi connectivity index (χ4v) is 3.88. The van der Waals surface area contributed by atoms with Gasteiger partial charge in [-0.1, -0.05) is 54.1 Å². The number of amides is 2. The number of anilines is 1. The van der Waals surface area contributed by atoms with Crippen LogP contribution in [-0.2, 0) is 11.4 Å². The molecule has 2 amide bonds.